The van der Waals surface area contributed by atoms with E-state index in [9.17, 15) is 13.6 Å². The van der Waals surface area contributed by atoms with Gasteiger partial charge in [-0.3, -0.25) is 4.79 Å². The van der Waals surface area contributed by atoms with Gasteiger partial charge in [0.1, 0.15) is 0 Å². The second kappa shape index (κ2) is 6.83. The Morgan fingerprint density at radius 1 is 1.12 bits per heavy atom. The first-order valence-electron chi connectivity index (χ1n) is 7.79. The Hall–Kier alpha value is -2.69. The number of carbonyl (C=O) groups is 1. The Balaban J connectivity index is 1.70. The number of H-pyrrole nitrogens is 1. The van der Waals surface area contributed by atoms with Crippen molar-refractivity contribution in [1.29, 1.82) is 0 Å². The average Bonchev–Trinajstić information content (AvgIpc) is 2.90. The van der Waals surface area contributed by atoms with Gasteiger partial charge in [-0.15, -0.1) is 0 Å². The molecule has 3 aromatic rings. The SMILES string of the molecule is Cc1[nH]c2ccccc2c1CCNC(=O)c1ccccc1C(F)F. The quantitative estimate of drug-likeness (QED) is 0.717. The van der Waals surface area contributed by atoms with Crippen LogP contribution >= 0.6 is 0 Å². The zero-order chi connectivity index (χ0) is 17.1. The Bertz CT molecular complexity index is 871. The van der Waals surface area contributed by atoms with Crippen molar-refractivity contribution < 1.29 is 13.6 Å². The maximum absolute atomic E-state index is 13.0. The van der Waals surface area contributed by atoms with Crippen LogP contribution in [-0.2, 0) is 6.42 Å². The van der Waals surface area contributed by atoms with Gasteiger partial charge in [-0.2, -0.15) is 0 Å². The molecule has 3 nitrogen and oxygen atoms in total. The molecule has 24 heavy (non-hydrogen) atoms. The predicted octanol–water partition coefficient (Wildman–Crippen LogP) is 4.39. The summed E-state index contributed by atoms with van der Waals surface area (Å²) in [5.74, 6) is -0.469. The molecule has 0 aliphatic rings. The molecule has 0 aliphatic heterocycles. The molecular formula is C19H18F2N2O. The lowest BCUT2D eigenvalue weighted by molar-refractivity contribution is 0.0940. The van der Waals surface area contributed by atoms with Gasteiger partial charge >= 0.3 is 0 Å². The number of nitrogens with one attached hydrogen (secondary N) is 2. The van der Waals surface area contributed by atoms with Crippen LogP contribution in [0.3, 0.4) is 0 Å². The monoisotopic (exact) mass is 328 g/mol. The Morgan fingerprint density at radius 2 is 1.83 bits per heavy atom. The minimum atomic E-state index is -2.66. The van der Waals surface area contributed by atoms with Crippen LogP contribution in [-0.4, -0.2) is 17.4 Å². The van der Waals surface area contributed by atoms with E-state index < -0.39 is 12.3 Å². The van der Waals surface area contributed by atoms with E-state index >= 15 is 0 Å². The number of aromatic nitrogens is 1. The molecule has 0 aliphatic carbocycles. The molecule has 5 heteroatoms. The highest BCUT2D eigenvalue weighted by molar-refractivity contribution is 5.95. The number of benzene rings is 2. The van der Waals surface area contributed by atoms with Crippen LogP contribution in [0.4, 0.5) is 8.78 Å². The highest BCUT2D eigenvalue weighted by Gasteiger charge is 2.17. The molecule has 1 heterocycles. The first-order chi connectivity index (χ1) is 11.6. The summed E-state index contributed by atoms with van der Waals surface area (Å²) in [6.45, 7) is 2.38. The number of aromatic amines is 1. The summed E-state index contributed by atoms with van der Waals surface area (Å²) in [6, 6.07) is 13.8. The molecule has 124 valence electrons. The van der Waals surface area contributed by atoms with Crippen molar-refractivity contribution in [1.82, 2.24) is 10.3 Å². The van der Waals surface area contributed by atoms with E-state index in [0.29, 0.717) is 13.0 Å². The van der Waals surface area contributed by atoms with Gasteiger partial charge in [-0.25, -0.2) is 8.78 Å². The van der Waals surface area contributed by atoms with E-state index in [1.165, 1.54) is 18.2 Å². The lowest BCUT2D eigenvalue weighted by Crippen LogP contribution is -2.26. The highest BCUT2D eigenvalue weighted by atomic mass is 19.3. The first-order valence-corrected chi connectivity index (χ1v) is 7.79. The first kappa shape index (κ1) is 16.2. The van der Waals surface area contributed by atoms with E-state index in [1.54, 1.807) is 6.07 Å². The van der Waals surface area contributed by atoms with E-state index in [0.717, 1.165) is 22.2 Å². The van der Waals surface area contributed by atoms with Gasteiger partial charge in [-0.05, 0) is 31.0 Å². The lowest BCUT2D eigenvalue weighted by atomic mass is 10.1. The van der Waals surface area contributed by atoms with Crippen molar-refractivity contribution in [2.75, 3.05) is 6.54 Å². The van der Waals surface area contributed by atoms with E-state index in [1.807, 2.05) is 31.2 Å². The van der Waals surface area contributed by atoms with E-state index in [-0.39, 0.29) is 11.1 Å². The number of fused-ring (bicyclic) bond motifs is 1. The lowest BCUT2D eigenvalue weighted by Gasteiger charge is -2.09. The molecule has 1 amide bonds. The summed E-state index contributed by atoms with van der Waals surface area (Å²) in [5, 5.41) is 3.86. The molecule has 3 rings (SSSR count). The minimum absolute atomic E-state index is 0.0307. The number of rotatable bonds is 5. The summed E-state index contributed by atoms with van der Waals surface area (Å²) in [5.41, 5.74) is 3.03. The van der Waals surface area contributed by atoms with E-state index in [2.05, 4.69) is 10.3 Å². The largest absolute Gasteiger partial charge is 0.358 e. The second-order valence-corrected chi connectivity index (χ2v) is 5.67. The molecule has 0 saturated heterocycles. The molecule has 2 aromatic carbocycles. The van der Waals surface area contributed by atoms with Crippen LogP contribution in [0, 0.1) is 6.92 Å². The molecule has 0 unspecified atom stereocenters. The Kier molecular flexibility index (Phi) is 4.60. The number of hydrogen-bond acceptors (Lipinski definition) is 1. The van der Waals surface area contributed by atoms with Crippen LogP contribution in [0.5, 0.6) is 0 Å². The van der Waals surface area contributed by atoms with Crippen molar-refractivity contribution >= 4 is 16.8 Å². The Labute approximate surface area is 138 Å². The third kappa shape index (κ3) is 3.15. The summed E-state index contributed by atoms with van der Waals surface area (Å²) >= 11 is 0. The third-order valence-corrected chi connectivity index (χ3v) is 4.13. The normalized spacial score (nSPS) is 11.2. The van der Waals surface area contributed by atoms with Gasteiger partial charge in [0.05, 0.1) is 0 Å². The second-order valence-electron chi connectivity index (χ2n) is 5.67. The van der Waals surface area contributed by atoms with Crippen molar-refractivity contribution in [3.05, 3.63) is 70.9 Å². The molecule has 0 fully saturated rings. The molecule has 0 bridgehead atoms. The van der Waals surface area contributed by atoms with Crippen LogP contribution in [0.15, 0.2) is 48.5 Å². The molecular weight excluding hydrogens is 310 g/mol. The molecule has 1 aromatic heterocycles. The summed E-state index contributed by atoms with van der Waals surface area (Å²) in [4.78, 5) is 15.5. The van der Waals surface area contributed by atoms with Crippen LogP contribution in [0.25, 0.3) is 10.9 Å². The van der Waals surface area contributed by atoms with Gasteiger partial charge in [0, 0.05) is 34.3 Å². The number of aryl methyl sites for hydroxylation is 1. The number of alkyl halides is 2. The fourth-order valence-corrected chi connectivity index (χ4v) is 2.95. The van der Waals surface area contributed by atoms with Crippen LogP contribution < -0.4 is 5.32 Å². The molecule has 0 spiro atoms. The molecule has 0 atom stereocenters. The number of carbonyl (C=O) groups excluding carboxylic acids is 1. The highest BCUT2D eigenvalue weighted by Crippen LogP contribution is 2.23. The van der Waals surface area contributed by atoms with Gasteiger partial charge in [-0.1, -0.05) is 36.4 Å². The van der Waals surface area contributed by atoms with Crippen molar-refractivity contribution in [3.63, 3.8) is 0 Å². The number of halogens is 2. The molecule has 0 radical (unpaired) electrons. The number of hydrogen-bond donors (Lipinski definition) is 2. The smallest absolute Gasteiger partial charge is 0.264 e. The van der Waals surface area contributed by atoms with Crippen molar-refractivity contribution in [2.45, 2.75) is 19.8 Å². The van der Waals surface area contributed by atoms with Crippen molar-refractivity contribution in [3.8, 4) is 0 Å². The third-order valence-electron chi connectivity index (χ3n) is 4.13. The molecule has 2 N–H and O–H groups in total. The molecule has 0 saturated carbocycles. The fraction of sp³-hybridized carbons (Fsp3) is 0.211. The minimum Gasteiger partial charge on any atom is -0.358 e. The summed E-state index contributed by atoms with van der Waals surface area (Å²) in [6.07, 6.45) is -2.03. The van der Waals surface area contributed by atoms with Gasteiger partial charge in [0.25, 0.3) is 12.3 Å². The summed E-state index contributed by atoms with van der Waals surface area (Å²) in [7, 11) is 0. The van der Waals surface area contributed by atoms with Gasteiger partial charge in [0.2, 0.25) is 0 Å². The van der Waals surface area contributed by atoms with Gasteiger partial charge in [0.15, 0.2) is 0 Å². The maximum atomic E-state index is 13.0. The van der Waals surface area contributed by atoms with Crippen LogP contribution in [0.1, 0.15) is 33.6 Å². The zero-order valence-corrected chi connectivity index (χ0v) is 13.3. The predicted molar refractivity (Wildman–Crippen MR) is 90.5 cm³/mol. The average molecular weight is 328 g/mol. The van der Waals surface area contributed by atoms with Crippen LogP contribution in [0.2, 0.25) is 0 Å². The van der Waals surface area contributed by atoms with E-state index in [4.69, 9.17) is 0 Å². The Morgan fingerprint density at radius 3 is 2.62 bits per heavy atom. The number of para-hydroxylation sites is 1. The van der Waals surface area contributed by atoms with Crippen molar-refractivity contribution in [2.24, 2.45) is 0 Å². The van der Waals surface area contributed by atoms with Gasteiger partial charge < -0.3 is 10.3 Å². The zero-order valence-electron chi connectivity index (χ0n) is 13.3. The topological polar surface area (TPSA) is 44.9 Å². The maximum Gasteiger partial charge on any atom is 0.264 e. The number of amides is 1. The standard InChI is InChI=1S/C19H18F2N2O/c1-12-13(14-6-4-5-9-17(14)23-12)10-11-22-19(24)16-8-3-2-7-15(16)18(20)21/h2-9,18,23H,10-11H2,1H3,(H,22,24). The fourth-order valence-electron chi connectivity index (χ4n) is 2.95. The summed E-state index contributed by atoms with van der Waals surface area (Å²) < 4.78 is 26.0.